The minimum absolute atomic E-state index is 0.834. The average molecular weight is 230 g/mol. The van der Waals surface area contributed by atoms with E-state index in [0.29, 0.717) is 0 Å². The van der Waals surface area contributed by atoms with Gasteiger partial charge in [0.15, 0.2) is 0 Å². The van der Waals surface area contributed by atoms with Crippen LogP contribution < -0.4 is 10.6 Å². The third-order valence-corrected chi connectivity index (χ3v) is 3.76. The number of hydrogen-bond acceptors (Lipinski definition) is 3. The summed E-state index contributed by atoms with van der Waals surface area (Å²) in [6.07, 6.45) is 5.90. The van der Waals surface area contributed by atoms with Crippen LogP contribution in [0.4, 0.5) is 11.4 Å². The Morgan fingerprint density at radius 2 is 2.29 bits per heavy atom. The molecule has 0 bridgehead atoms. The molecule has 0 spiro atoms. The van der Waals surface area contributed by atoms with Crippen LogP contribution in [0.15, 0.2) is 18.3 Å². The summed E-state index contributed by atoms with van der Waals surface area (Å²) < 4.78 is 0. The Kier molecular flexibility index (Phi) is 2.42. The molecule has 1 aromatic heterocycles. The Balaban J connectivity index is 1.89. The summed E-state index contributed by atoms with van der Waals surface area (Å²) >= 11 is 0. The van der Waals surface area contributed by atoms with E-state index < -0.39 is 0 Å². The Morgan fingerprint density at radius 3 is 3.00 bits per heavy atom. The van der Waals surface area contributed by atoms with Crippen LogP contribution in [-0.2, 0) is 0 Å². The molecule has 3 rings (SSSR count). The Morgan fingerprint density at radius 1 is 1.47 bits per heavy atom. The Hall–Kier alpha value is -1.71. The third-order valence-electron chi connectivity index (χ3n) is 3.76. The maximum Gasteiger partial charge on any atom is 0.0672 e. The highest BCUT2D eigenvalue weighted by atomic mass is 15.1. The van der Waals surface area contributed by atoms with Gasteiger partial charge in [0.05, 0.1) is 23.1 Å². The molecule has 1 heterocycles. The van der Waals surface area contributed by atoms with Crippen LogP contribution in [0.2, 0.25) is 0 Å². The lowest BCUT2D eigenvalue weighted by molar-refractivity contribution is 0.321. The smallest absolute Gasteiger partial charge is 0.0672 e. The van der Waals surface area contributed by atoms with E-state index in [4.69, 9.17) is 5.73 Å². The van der Waals surface area contributed by atoms with E-state index in [1.807, 2.05) is 6.07 Å². The fourth-order valence-electron chi connectivity index (χ4n) is 2.49. The Labute approximate surface area is 101 Å². The van der Waals surface area contributed by atoms with Gasteiger partial charge in [-0.2, -0.15) is 5.10 Å². The number of benzene rings is 1. The van der Waals surface area contributed by atoms with Crippen LogP contribution in [0.5, 0.6) is 0 Å². The second-order valence-electron chi connectivity index (χ2n) is 5.05. The number of nitrogens with two attached hydrogens (primary N) is 1. The lowest BCUT2D eigenvalue weighted by Gasteiger charge is -2.31. The first-order chi connectivity index (χ1) is 8.24. The van der Waals surface area contributed by atoms with E-state index in [-0.39, 0.29) is 0 Å². The second-order valence-corrected chi connectivity index (χ2v) is 5.05. The van der Waals surface area contributed by atoms with Gasteiger partial charge < -0.3 is 10.6 Å². The van der Waals surface area contributed by atoms with Crippen molar-refractivity contribution in [1.29, 1.82) is 0 Å². The van der Waals surface area contributed by atoms with Gasteiger partial charge in [0.1, 0.15) is 0 Å². The summed E-state index contributed by atoms with van der Waals surface area (Å²) in [5.74, 6) is 0.844. The largest absolute Gasteiger partial charge is 0.397 e. The van der Waals surface area contributed by atoms with Crippen LogP contribution in [0.25, 0.3) is 10.9 Å². The molecule has 0 radical (unpaired) electrons. The van der Waals surface area contributed by atoms with Crippen molar-refractivity contribution in [3.8, 4) is 0 Å². The monoisotopic (exact) mass is 230 g/mol. The molecule has 2 aromatic rings. The molecule has 0 amide bonds. The summed E-state index contributed by atoms with van der Waals surface area (Å²) in [4.78, 5) is 2.26. The van der Waals surface area contributed by atoms with Crippen LogP contribution in [-0.4, -0.2) is 23.8 Å². The van der Waals surface area contributed by atoms with Crippen molar-refractivity contribution in [3.05, 3.63) is 18.3 Å². The first-order valence-corrected chi connectivity index (χ1v) is 6.18. The lowest BCUT2D eigenvalue weighted by Crippen LogP contribution is -2.29. The summed E-state index contributed by atoms with van der Waals surface area (Å²) in [7, 11) is 2.12. The predicted octanol–water partition coefficient (Wildman–Crippen LogP) is 2.38. The molecule has 1 aromatic carbocycles. The maximum atomic E-state index is 6.10. The van der Waals surface area contributed by atoms with E-state index >= 15 is 0 Å². The van der Waals surface area contributed by atoms with Crippen molar-refractivity contribution < 1.29 is 0 Å². The molecule has 1 aliphatic carbocycles. The molecule has 3 N–H and O–H groups in total. The minimum Gasteiger partial charge on any atom is -0.397 e. The predicted molar refractivity (Wildman–Crippen MR) is 71.1 cm³/mol. The van der Waals surface area contributed by atoms with Crippen molar-refractivity contribution >= 4 is 22.3 Å². The number of rotatable bonds is 3. The van der Waals surface area contributed by atoms with Crippen molar-refractivity contribution in [2.24, 2.45) is 5.92 Å². The van der Waals surface area contributed by atoms with Crippen molar-refractivity contribution in [3.63, 3.8) is 0 Å². The summed E-state index contributed by atoms with van der Waals surface area (Å²) in [5.41, 5.74) is 9.09. The number of hydrogen-bond donors (Lipinski definition) is 2. The molecule has 0 aliphatic heterocycles. The van der Waals surface area contributed by atoms with Gasteiger partial charge in [0.25, 0.3) is 0 Å². The van der Waals surface area contributed by atoms with Gasteiger partial charge in [0, 0.05) is 19.0 Å². The van der Waals surface area contributed by atoms with E-state index in [1.54, 1.807) is 6.20 Å². The van der Waals surface area contributed by atoms with Crippen LogP contribution in [0.3, 0.4) is 0 Å². The topological polar surface area (TPSA) is 57.9 Å². The normalized spacial score (nSPS) is 16.1. The second kappa shape index (κ2) is 3.95. The highest BCUT2D eigenvalue weighted by Gasteiger charge is 2.20. The van der Waals surface area contributed by atoms with Crippen LogP contribution in [0, 0.1) is 5.92 Å². The quantitative estimate of drug-likeness (QED) is 0.796. The van der Waals surface area contributed by atoms with E-state index in [0.717, 1.165) is 34.7 Å². The molecule has 4 heteroatoms. The maximum absolute atomic E-state index is 6.10. The van der Waals surface area contributed by atoms with Gasteiger partial charge in [-0.3, -0.25) is 5.10 Å². The first kappa shape index (κ1) is 10.4. The molecule has 0 atom stereocenters. The number of nitrogens with one attached hydrogen (secondary N) is 1. The average Bonchev–Trinajstić information content (AvgIpc) is 2.68. The standard InChI is InChI=1S/C13H18N4/c1-17(8-9-3-2-4-9)13-6-12-10(5-11(13)14)7-15-16-12/h5-7,9H,2-4,8,14H2,1H3,(H,15,16). The number of H-pyrrole nitrogens is 1. The minimum atomic E-state index is 0.834. The zero-order valence-corrected chi connectivity index (χ0v) is 10.1. The summed E-state index contributed by atoms with van der Waals surface area (Å²) in [5, 5.41) is 8.10. The molecule has 4 nitrogen and oxygen atoms in total. The highest BCUT2D eigenvalue weighted by Crippen LogP contribution is 2.32. The fourth-order valence-corrected chi connectivity index (χ4v) is 2.49. The number of aromatic amines is 1. The fraction of sp³-hybridized carbons (Fsp3) is 0.462. The SMILES string of the molecule is CN(CC1CCC1)c1cc2[nH]ncc2cc1N. The molecule has 90 valence electrons. The van der Waals surface area contributed by atoms with Gasteiger partial charge in [-0.15, -0.1) is 0 Å². The number of aromatic nitrogens is 2. The Bertz CT molecular complexity index is 527. The van der Waals surface area contributed by atoms with Gasteiger partial charge in [-0.25, -0.2) is 0 Å². The lowest BCUT2D eigenvalue weighted by atomic mass is 9.85. The first-order valence-electron chi connectivity index (χ1n) is 6.18. The van der Waals surface area contributed by atoms with Gasteiger partial charge in [0.2, 0.25) is 0 Å². The van der Waals surface area contributed by atoms with Gasteiger partial charge in [-0.1, -0.05) is 6.42 Å². The van der Waals surface area contributed by atoms with Crippen molar-refractivity contribution in [1.82, 2.24) is 10.2 Å². The third kappa shape index (κ3) is 1.84. The van der Waals surface area contributed by atoms with E-state index in [2.05, 4.69) is 28.2 Å². The van der Waals surface area contributed by atoms with Gasteiger partial charge in [-0.05, 0) is 30.9 Å². The summed E-state index contributed by atoms with van der Waals surface area (Å²) in [6, 6.07) is 4.09. The summed E-state index contributed by atoms with van der Waals surface area (Å²) in [6.45, 7) is 1.10. The van der Waals surface area contributed by atoms with Crippen LogP contribution in [0.1, 0.15) is 19.3 Å². The molecule has 0 unspecified atom stereocenters. The zero-order chi connectivity index (χ0) is 11.8. The number of nitrogen functional groups attached to an aromatic ring is 1. The molecular formula is C13H18N4. The van der Waals surface area contributed by atoms with Crippen molar-refractivity contribution in [2.75, 3.05) is 24.2 Å². The molecule has 0 saturated heterocycles. The number of fused-ring (bicyclic) bond motifs is 1. The van der Waals surface area contributed by atoms with Crippen LogP contribution >= 0.6 is 0 Å². The van der Waals surface area contributed by atoms with E-state index in [9.17, 15) is 0 Å². The zero-order valence-electron chi connectivity index (χ0n) is 10.1. The number of nitrogens with zero attached hydrogens (tertiary/aromatic N) is 2. The van der Waals surface area contributed by atoms with E-state index in [1.165, 1.54) is 19.3 Å². The molecule has 1 aliphatic rings. The molecule has 1 fully saturated rings. The molecule has 1 saturated carbocycles. The van der Waals surface area contributed by atoms with Gasteiger partial charge >= 0.3 is 0 Å². The number of anilines is 2. The van der Waals surface area contributed by atoms with Crippen molar-refractivity contribution in [2.45, 2.75) is 19.3 Å². The highest BCUT2D eigenvalue weighted by molar-refractivity contribution is 5.88. The molecular weight excluding hydrogens is 212 g/mol. The molecule has 17 heavy (non-hydrogen) atoms.